The van der Waals surface area contributed by atoms with Crippen molar-refractivity contribution in [3.8, 4) is 0 Å². The van der Waals surface area contributed by atoms with Crippen LogP contribution in [0.25, 0.3) is 0 Å². The summed E-state index contributed by atoms with van der Waals surface area (Å²) in [4.78, 5) is 0. The number of nitrogens with two attached hydrogens (primary N) is 1. The van der Waals surface area contributed by atoms with Gasteiger partial charge in [-0.05, 0) is 17.7 Å². The minimum Gasteiger partial charge on any atom is -0.320 e. The molecule has 0 aliphatic carbocycles. The average Bonchev–Trinajstić information content (AvgIpc) is 2.31. The smallest absolute Gasteiger partial charge is 0.141 e. The van der Waals surface area contributed by atoms with Crippen LogP contribution in [-0.2, 0) is 0 Å². The number of benzene rings is 2. The average molecular weight is 290 g/mol. The molecule has 2 N–H and O–H groups in total. The number of rotatable bonds is 2. The summed E-state index contributed by atoms with van der Waals surface area (Å²) < 4.78 is 52.9. The molecule has 0 radical (unpaired) electrons. The van der Waals surface area contributed by atoms with Crippen LogP contribution in [0.3, 0.4) is 0 Å². The Hall–Kier alpha value is -1.59. The van der Waals surface area contributed by atoms with Crippen LogP contribution in [0.1, 0.15) is 17.2 Å². The van der Waals surface area contributed by atoms with Gasteiger partial charge in [-0.1, -0.05) is 17.7 Å². The third-order valence-electron chi connectivity index (χ3n) is 2.66. The molecule has 0 spiro atoms. The lowest BCUT2D eigenvalue weighted by molar-refractivity contribution is 0.515. The third-order valence-corrected chi connectivity index (χ3v) is 2.95. The van der Waals surface area contributed by atoms with Gasteiger partial charge in [-0.3, -0.25) is 0 Å². The van der Waals surface area contributed by atoms with Crippen molar-refractivity contribution in [1.82, 2.24) is 0 Å². The Bertz CT molecular complexity index is 607. The topological polar surface area (TPSA) is 26.0 Å². The highest BCUT2D eigenvalue weighted by molar-refractivity contribution is 6.30. The Morgan fingerprint density at radius 3 is 2.00 bits per heavy atom. The summed E-state index contributed by atoms with van der Waals surface area (Å²) in [5, 5.41) is -0.212. The zero-order valence-corrected chi connectivity index (χ0v) is 10.2. The van der Waals surface area contributed by atoms with E-state index in [1.807, 2.05) is 0 Å². The minimum absolute atomic E-state index is 0.212. The molecule has 0 aromatic heterocycles. The van der Waals surface area contributed by atoms with Gasteiger partial charge in [0.05, 0.1) is 11.1 Å². The van der Waals surface area contributed by atoms with E-state index in [1.165, 1.54) is 12.1 Å². The normalized spacial score (nSPS) is 12.5. The fraction of sp³-hybridized carbons (Fsp3) is 0.0769. The fourth-order valence-electron chi connectivity index (χ4n) is 1.72. The van der Waals surface area contributed by atoms with Crippen LogP contribution < -0.4 is 5.73 Å². The highest BCUT2D eigenvalue weighted by Crippen LogP contribution is 2.28. The highest BCUT2D eigenvalue weighted by Gasteiger charge is 2.20. The second-order valence-electron chi connectivity index (χ2n) is 3.93. The van der Waals surface area contributed by atoms with E-state index in [-0.39, 0.29) is 10.6 Å². The molecule has 100 valence electrons. The van der Waals surface area contributed by atoms with Crippen molar-refractivity contribution in [2.45, 2.75) is 6.04 Å². The SMILES string of the molecule is NC(c1ccc(F)c(Cl)c1)c1c(F)cc(F)cc1F. The fourth-order valence-corrected chi connectivity index (χ4v) is 1.91. The predicted octanol–water partition coefficient (Wildman–Crippen LogP) is 3.94. The molecule has 2 aromatic rings. The van der Waals surface area contributed by atoms with Crippen molar-refractivity contribution in [2.75, 3.05) is 0 Å². The van der Waals surface area contributed by atoms with Gasteiger partial charge in [-0.25, -0.2) is 17.6 Å². The van der Waals surface area contributed by atoms with Crippen molar-refractivity contribution >= 4 is 11.6 Å². The van der Waals surface area contributed by atoms with Crippen molar-refractivity contribution in [3.63, 3.8) is 0 Å². The van der Waals surface area contributed by atoms with E-state index >= 15 is 0 Å². The van der Waals surface area contributed by atoms with Crippen molar-refractivity contribution in [1.29, 1.82) is 0 Å². The molecule has 1 unspecified atom stereocenters. The van der Waals surface area contributed by atoms with Crippen LogP contribution in [0, 0.1) is 23.3 Å². The largest absolute Gasteiger partial charge is 0.320 e. The lowest BCUT2D eigenvalue weighted by atomic mass is 9.98. The monoisotopic (exact) mass is 289 g/mol. The Morgan fingerprint density at radius 2 is 1.47 bits per heavy atom. The maximum absolute atomic E-state index is 13.6. The Morgan fingerprint density at radius 1 is 0.895 bits per heavy atom. The van der Waals surface area contributed by atoms with Crippen LogP contribution in [0.15, 0.2) is 30.3 Å². The maximum atomic E-state index is 13.6. The molecule has 0 aliphatic rings. The van der Waals surface area contributed by atoms with Gasteiger partial charge >= 0.3 is 0 Å². The zero-order chi connectivity index (χ0) is 14.2. The van der Waals surface area contributed by atoms with E-state index in [2.05, 4.69) is 0 Å². The second kappa shape index (κ2) is 5.19. The van der Waals surface area contributed by atoms with Gasteiger partial charge < -0.3 is 5.73 Å². The number of hydrogen-bond donors (Lipinski definition) is 1. The van der Waals surface area contributed by atoms with Gasteiger partial charge in [0.1, 0.15) is 23.3 Å². The molecule has 2 rings (SSSR count). The van der Waals surface area contributed by atoms with Crippen LogP contribution in [-0.4, -0.2) is 0 Å². The molecular weight excluding hydrogens is 282 g/mol. The Balaban J connectivity index is 2.49. The first-order valence-corrected chi connectivity index (χ1v) is 5.63. The molecule has 0 saturated carbocycles. The molecule has 0 bridgehead atoms. The van der Waals surface area contributed by atoms with Gasteiger partial charge in [0.2, 0.25) is 0 Å². The van der Waals surface area contributed by atoms with E-state index < -0.39 is 34.9 Å². The van der Waals surface area contributed by atoms with Crippen LogP contribution >= 0.6 is 11.6 Å². The standard InChI is InChI=1S/C13H8ClF4N/c14-8-3-6(1-2-9(8)16)13(19)12-10(17)4-7(15)5-11(12)18/h1-5,13H,19H2. The molecule has 0 saturated heterocycles. The van der Waals surface area contributed by atoms with Crippen molar-refractivity contribution in [3.05, 3.63) is 69.8 Å². The van der Waals surface area contributed by atoms with E-state index in [9.17, 15) is 17.6 Å². The highest BCUT2D eigenvalue weighted by atomic mass is 35.5. The first-order valence-electron chi connectivity index (χ1n) is 5.25. The molecular formula is C13H8ClF4N. The van der Waals surface area contributed by atoms with Crippen LogP contribution in [0.5, 0.6) is 0 Å². The summed E-state index contributed by atoms with van der Waals surface area (Å²) in [7, 11) is 0. The van der Waals surface area contributed by atoms with Gasteiger partial charge in [-0.15, -0.1) is 0 Å². The number of halogens is 5. The third kappa shape index (κ3) is 2.72. The second-order valence-corrected chi connectivity index (χ2v) is 4.34. The molecule has 0 fully saturated rings. The molecule has 1 nitrogen and oxygen atoms in total. The summed E-state index contributed by atoms with van der Waals surface area (Å²) in [6.07, 6.45) is 0. The van der Waals surface area contributed by atoms with Crippen molar-refractivity contribution < 1.29 is 17.6 Å². The number of hydrogen-bond acceptors (Lipinski definition) is 1. The van der Waals surface area contributed by atoms with E-state index in [0.29, 0.717) is 12.1 Å². The zero-order valence-electron chi connectivity index (χ0n) is 9.43. The van der Waals surface area contributed by atoms with E-state index in [1.54, 1.807) is 0 Å². The molecule has 6 heteroatoms. The predicted molar refractivity (Wildman–Crippen MR) is 63.8 cm³/mol. The molecule has 19 heavy (non-hydrogen) atoms. The van der Waals surface area contributed by atoms with Crippen molar-refractivity contribution in [2.24, 2.45) is 5.73 Å². The summed E-state index contributed by atoms with van der Waals surface area (Å²) >= 11 is 5.57. The molecule has 1 atom stereocenters. The lowest BCUT2D eigenvalue weighted by Gasteiger charge is -2.15. The lowest BCUT2D eigenvalue weighted by Crippen LogP contribution is -2.16. The van der Waals surface area contributed by atoms with Crippen LogP contribution in [0.2, 0.25) is 5.02 Å². The maximum Gasteiger partial charge on any atom is 0.141 e. The van der Waals surface area contributed by atoms with E-state index in [0.717, 1.165) is 6.07 Å². The molecule has 0 aliphatic heterocycles. The summed E-state index contributed by atoms with van der Waals surface area (Å²) in [6.45, 7) is 0. The first-order chi connectivity index (χ1) is 8.90. The van der Waals surface area contributed by atoms with Crippen LogP contribution in [0.4, 0.5) is 17.6 Å². The van der Waals surface area contributed by atoms with E-state index in [4.69, 9.17) is 17.3 Å². The van der Waals surface area contributed by atoms with Gasteiger partial charge in [0.15, 0.2) is 0 Å². The van der Waals surface area contributed by atoms with Gasteiger partial charge in [-0.2, -0.15) is 0 Å². The molecule has 2 aromatic carbocycles. The summed E-state index contributed by atoms with van der Waals surface area (Å²) in [6, 6.07) is 3.32. The Labute approximate surface area is 111 Å². The van der Waals surface area contributed by atoms with Gasteiger partial charge in [0.25, 0.3) is 0 Å². The summed E-state index contributed by atoms with van der Waals surface area (Å²) in [5.74, 6) is -3.92. The molecule has 0 amide bonds. The first kappa shape index (κ1) is 13.8. The summed E-state index contributed by atoms with van der Waals surface area (Å²) in [5.41, 5.74) is 5.43. The van der Waals surface area contributed by atoms with Gasteiger partial charge in [0, 0.05) is 17.7 Å². The molecule has 0 heterocycles. The minimum atomic E-state index is -1.21. The Kier molecular flexibility index (Phi) is 3.78. The quantitative estimate of drug-likeness (QED) is 0.833.